The number of aliphatic carboxylic acids is 1. The highest BCUT2D eigenvalue weighted by molar-refractivity contribution is 5.70. The second-order valence-electron chi connectivity index (χ2n) is 4.19. The van der Waals surface area contributed by atoms with E-state index in [2.05, 4.69) is 13.8 Å². The molecule has 1 N–H and O–H groups in total. The van der Waals surface area contributed by atoms with E-state index in [1.807, 2.05) is 0 Å². The van der Waals surface area contributed by atoms with Crippen LogP contribution in [0.15, 0.2) is 0 Å². The minimum atomic E-state index is -0.697. The Labute approximate surface area is 85.5 Å². The zero-order valence-electron chi connectivity index (χ0n) is 9.03. The van der Waals surface area contributed by atoms with Crippen molar-refractivity contribution in [3.8, 4) is 0 Å². The lowest BCUT2D eigenvalue weighted by Crippen LogP contribution is -2.39. The van der Waals surface area contributed by atoms with Gasteiger partial charge in [-0.15, -0.1) is 0 Å². The van der Waals surface area contributed by atoms with Crippen molar-refractivity contribution in [2.24, 2.45) is 11.8 Å². The summed E-state index contributed by atoms with van der Waals surface area (Å²) in [4.78, 5) is 11.0. The normalized spacial score (nSPS) is 29.9. The van der Waals surface area contributed by atoms with E-state index in [1.54, 1.807) is 0 Å². The molecular weight excluding hydrogens is 180 g/mol. The number of hydrogen-bond acceptors (Lipinski definition) is 2. The third-order valence-electron chi connectivity index (χ3n) is 2.99. The molecule has 0 amide bonds. The average Bonchev–Trinajstić information content (AvgIpc) is 2.18. The molecule has 3 unspecified atom stereocenters. The van der Waals surface area contributed by atoms with E-state index in [4.69, 9.17) is 9.84 Å². The molecule has 0 aliphatic carbocycles. The Morgan fingerprint density at radius 2 is 2.36 bits per heavy atom. The third-order valence-corrected chi connectivity index (χ3v) is 2.99. The van der Waals surface area contributed by atoms with Gasteiger partial charge in [0, 0.05) is 6.61 Å². The minimum absolute atomic E-state index is 0.0683. The zero-order chi connectivity index (χ0) is 10.6. The summed E-state index contributed by atoms with van der Waals surface area (Å²) in [7, 11) is 0. The van der Waals surface area contributed by atoms with Crippen molar-refractivity contribution in [1.82, 2.24) is 0 Å². The Kier molecular flexibility index (Phi) is 4.39. The van der Waals surface area contributed by atoms with Crippen LogP contribution in [0.4, 0.5) is 0 Å². The Morgan fingerprint density at radius 3 is 2.93 bits per heavy atom. The van der Waals surface area contributed by atoms with Crippen LogP contribution in [-0.2, 0) is 9.53 Å². The van der Waals surface area contributed by atoms with Gasteiger partial charge in [0.25, 0.3) is 0 Å². The predicted octanol–water partition coefficient (Wildman–Crippen LogP) is 2.30. The molecule has 1 rings (SSSR count). The monoisotopic (exact) mass is 200 g/mol. The fourth-order valence-electron chi connectivity index (χ4n) is 2.25. The highest BCUT2D eigenvalue weighted by Gasteiger charge is 2.34. The molecule has 0 aromatic rings. The van der Waals surface area contributed by atoms with Crippen molar-refractivity contribution in [3.05, 3.63) is 0 Å². The van der Waals surface area contributed by atoms with Crippen LogP contribution >= 0.6 is 0 Å². The summed E-state index contributed by atoms with van der Waals surface area (Å²) in [6, 6.07) is 0. The molecule has 3 nitrogen and oxygen atoms in total. The van der Waals surface area contributed by atoms with Crippen LogP contribution in [-0.4, -0.2) is 23.8 Å². The molecule has 0 bridgehead atoms. The summed E-state index contributed by atoms with van der Waals surface area (Å²) in [5.74, 6) is -0.621. The molecule has 1 heterocycles. The molecule has 0 spiro atoms. The topological polar surface area (TPSA) is 46.5 Å². The van der Waals surface area contributed by atoms with Gasteiger partial charge in [0.15, 0.2) is 0 Å². The van der Waals surface area contributed by atoms with E-state index in [0.29, 0.717) is 5.92 Å². The lowest BCUT2D eigenvalue weighted by atomic mass is 9.85. The molecule has 3 atom stereocenters. The van der Waals surface area contributed by atoms with Crippen LogP contribution in [0.5, 0.6) is 0 Å². The number of carboxylic acid groups (broad SMARTS) is 1. The van der Waals surface area contributed by atoms with Gasteiger partial charge in [-0.05, 0) is 25.2 Å². The van der Waals surface area contributed by atoms with Gasteiger partial charge >= 0.3 is 5.97 Å². The lowest BCUT2D eigenvalue weighted by molar-refractivity contribution is -0.154. The fourth-order valence-corrected chi connectivity index (χ4v) is 2.25. The van der Waals surface area contributed by atoms with Gasteiger partial charge in [0.1, 0.15) is 0 Å². The van der Waals surface area contributed by atoms with E-state index >= 15 is 0 Å². The number of rotatable bonds is 4. The van der Waals surface area contributed by atoms with Gasteiger partial charge in [-0.3, -0.25) is 4.79 Å². The van der Waals surface area contributed by atoms with E-state index < -0.39 is 5.97 Å². The third kappa shape index (κ3) is 2.71. The van der Waals surface area contributed by atoms with Crippen molar-refractivity contribution in [2.45, 2.75) is 45.6 Å². The molecule has 3 heteroatoms. The summed E-state index contributed by atoms with van der Waals surface area (Å²) < 4.78 is 5.59. The second-order valence-corrected chi connectivity index (χ2v) is 4.19. The minimum Gasteiger partial charge on any atom is -0.481 e. The van der Waals surface area contributed by atoms with Crippen molar-refractivity contribution < 1.29 is 14.6 Å². The Balaban J connectivity index is 2.57. The quantitative estimate of drug-likeness (QED) is 0.757. The lowest BCUT2D eigenvalue weighted by Gasteiger charge is -2.33. The van der Waals surface area contributed by atoms with Crippen LogP contribution in [0.3, 0.4) is 0 Å². The molecule has 0 radical (unpaired) electrons. The SMILES string of the molecule is CCCC(C)C1OCCCC1C(=O)O. The summed E-state index contributed by atoms with van der Waals surface area (Å²) in [6.45, 7) is 4.94. The Morgan fingerprint density at radius 1 is 1.64 bits per heavy atom. The maximum atomic E-state index is 11.0. The molecule has 0 aromatic carbocycles. The molecule has 1 fully saturated rings. The van der Waals surface area contributed by atoms with Crippen LogP contribution < -0.4 is 0 Å². The van der Waals surface area contributed by atoms with Gasteiger partial charge < -0.3 is 9.84 Å². The molecular formula is C11H20O3. The van der Waals surface area contributed by atoms with Gasteiger partial charge in [-0.2, -0.15) is 0 Å². The molecule has 0 saturated carbocycles. The van der Waals surface area contributed by atoms with E-state index in [0.717, 1.165) is 32.3 Å². The number of ether oxygens (including phenoxy) is 1. The van der Waals surface area contributed by atoms with Crippen molar-refractivity contribution in [2.75, 3.05) is 6.61 Å². The van der Waals surface area contributed by atoms with E-state index in [9.17, 15) is 4.79 Å². The van der Waals surface area contributed by atoms with Crippen LogP contribution in [0.2, 0.25) is 0 Å². The van der Waals surface area contributed by atoms with Crippen LogP contribution in [0, 0.1) is 11.8 Å². The number of carbonyl (C=O) groups is 1. The summed E-state index contributed by atoms with van der Waals surface area (Å²) in [6.07, 6.45) is 3.73. The maximum absolute atomic E-state index is 11.0. The standard InChI is InChI=1S/C11H20O3/c1-3-5-8(2)10-9(11(12)13)6-4-7-14-10/h8-10H,3-7H2,1-2H3,(H,12,13). The smallest absolute Gasteiger partial charge is 0.309 e. The van der Waals surface area contributed by atoms with Crippen molar-refractivity contribution in [3.63, 3.8) is 0 Å². The van der Waals surface area contributed by atoms with Crippen molar-refractivity contribution in [1.29, 1.82) is 0 Å². The van der Waals surface area contributed by atoms with Gasteiger partial charge in [-0.1, -0.05) is 20.3 Å². The zero-order valence-corrected chi connectivity index (χ0v) is 9.03. The highest BCUT2D eigenvalue weighted by Crippen LogP contribution is 2.28. The van der Waals surface area contributed by atoms with Crippen molar-refractivity contribution >= 4 is 5.97 Å². The van der Waals surface area contributed by atoms with E-state index in [-0.39, 0.29) is 12.0 Å². The van der Waals surface area contributed by atoms with Gasteiger partial charge in [0.05, 0.1) is 12.0 Å². The molecule has 14 heavy (non-hydrogen) atoms. The Hall–Kier alpha value is -0.570. The van der Waals surface area contributed by atoms with E-state index in [1.165, 1.54) is 0 Å². The van der Waals surface area contributed by atoms with Crippen LogP contribution in [0.1, 0.15) is 39.5 Å². The number of carboxylic acids is 1. The first-order valence-corrected chi connectivity index (χ1v) is 5.51. The van der Waals surface area contributed by atoms with Crippen LogP contribution in [0.25, 0.3) is 0 Å². The molecule has 0 aromatic heterocycles. The largest absolute Gasteiger partial charge is 0.481 e. The highest BCUT2D eigenvalue weighted by atomic mass is 16.5. The summed E-state index contributed by atoms with van der Waals surface area (Å²) >= 11 is 0. The first-order valence-electron chi connectivity index (χ1n) is 5.51. The van der Waals surface area contributed by atoms with Gasteiger partial charge in [-0.25, -0.2) is 0 Å². The maximum Gasteiger partial charge on any atom is 0.309 e. The average molecular weight is 200 g/mol. The molecule has 1 aliphatic heterocycles. The number of hydrogen-bond donors (Lipinski definition) is 1. The second kappa shape index (κ2) is 5.35. The fraction of sp³-hybridized carbons (Fsp3) is 0.909. The molecule has 1 aliphatic rings. The predicted molar refractivity (Wildman–Crippen MR) is 54.2 cm³/mol. The molecule has 1 saturated heterocycles. The first kappa shape index (κ1) is 11.5. The Bertz CT molecular complexity index is 191. The molecule has 82 valence electrons. The first-order chi connectivity index (χ1) is 6.66. The summed E-state index contributed by atoms with van der Waals surface area (Å²) in [5.41, 5.74) is 0. The summed E-state index contributed by atoms with van der Waals surface area (Å²) in [5, 5.41) is 9.05. The van der Waals surface area contributed by atoms with Gasteiger partial charge in [0.2, 0.25) is 0 Å².